The second-order valence-electron chi connectivity index (χ2n) is 4.39. The predicted octanol–water partition coefficient (Wildman–Crippen LogP) is 2.95. The van der Waals surface area contributed by atoms with Crippen molar-refractivity contribution in [3.8, 4) is 0 Å². The fourth-order valence-electron chi connectivity index (χ4n) is 1.85. The second-order valence-corrected chi connectivity index (χ2v) is 4.39. The summed E-state index contributed by atoms with van der Waals surface area (Å²) >= 11 is 0. The van der Waals surface area contributed by atoms with E-state index in [1.54, 1.807) is 0 Å². The lowest BCUT2D eigenvalue weighted by atomic mass is 10.0. The van der Waals surface area contributed by atoms with E-state index in [0.29, 0.717) is 5.92 Å². The number of nitrogens with zero attached hydrogens (tertiary/aromatic N) is 1. The fraction of sp³-hybridized carbons (Fsp3) is 0.308. The molecule has 2 rings (SSSR count). The number of aromatic nitrogens is 1. The second kappa shape index (κ2) is 4.10. The maximum atomic E-state index is 5.53. The van der Waals surface area contributed by atoms with Gasteiger partial charge in [-0.05, 0) is 36.6 Å². The molecule has 0 amide bonds. The molecule has 1 aromatic heterocycles. The minimum Gasteiger partial charge on any atom is -0.323 e. The van der Waals surface area contributed by atoms with Gasteiger partial charge in [-0.15, -0.1) is 0 Å². The highest BCUT2D eigenvalue weighted by molar-refractivity contribution is 5.91. The third-order valence-corrected chi connectivity index (χ3v) is 2.78. The first-order valence-electron chi connectivity index (χ1n) is 5.49. The Kier molecular flexibility index (Phi) is 2.79. The molecule has 0 bridgehead atoms. The van der Waals surface area contributed by atoms with E-state index in [1.807, 2.05) is 13.0 Å². The minimum absolute atomic E-state index is 0.510. The van der Waals surface area contributed by atoms with Crippen molar-refractivity contribution in [2.75, 3.05) is 5.43 Å². The van der Waals surface area contributed by atoms with Crippen molar-refractivity contribution in [1.82, 2.24) is 4.98 Å². The Morgan fingerprint density at radius 1 is 1.25 bits per heavy atom. The zero-order valence-electron chi connectivity index (χ0n) is 9.91. The van der Waals surface area contributed by atoms with Crippen LogP contribution in [0.15, 0.2) is 24.3 Å². The van der Waals surface area contributed by atoms with Crippen LogP contribution in [0.1, 0.15) is 31.0 Å². The maximum absolute atomic E-state index is 5.53. The van der Waals surface area contributed by atoms with Crippen LogP contribution in [0.4, 0.5) is 5.69 Å². The molecule has 0 saturated carbocycles. The van der Waals surface area contributed by atoms with Crippen LogP contribution in [-0.2, 0) is 0 Å². The van der Waals surface area contributed by atoms with E-state index in [9.17, 15) is 0 Å². The molecule has 0 saturated heterocycles. The van der Waals surface area contributed by atoms with Gasteiger partial charge in [0.05, 0.1) is 11.2 Å². The highest BCUT2D eigenvalue weighted by Crippen LogP contribution is 2.26. The number of aryl methyl sites for hydroxylation is 1. The van der Waals surface area contributed by atoms with E-state index in [2.05, 4.69) is 42.5 Å². The summed E-state index contributed by atoms with van der Waals surface area (Å²) in [6.45, 7) is 6.33. The quantitative estimate of drug-likeness (QED) is 0.598. The summed E-state index contributed by atoms with van der Waals surface area (Å²) in [7, 11) is 0. The molecule has 3 N–H and O–H groups in total. The Labute approximate surface area is 95.7 Å². The molecule has 0 aliphatic rings. The van der Waals surface area contributed by atoms with Crippen LogP contribution in [0, 0.1) is 6.92 Å². The number of hydrazine groups is 1. The zero-order valence-corrected chi connectivity index (χ0v) is 9.91. The first-order chi connectivity index (χ1) is 7.61. The molecule has 0 aliphatic heterocycles. The number of hydrogen-bond acceptors (Lipinski definition) is 3. The van der Waals surface area contributed by atoms with Crippen LogP contribution >= 0.6 is 0 Å². The molecule has 2 aromatic rings. The summed E-state index contributed by atoms with van der Waals surface area (Å²) < 4.78 is 0. The predicted molar refractivity (Wildman–Crippen MR) is 68.4 cm³/mol. The van der Waals surface area contributed by atoms with E-state index in [0.717, 1.165) is 22.3 Å². The molecule has 0 radical (unpaired) electrons. The Morgan fingerprint density at radius 2 is 2.00 bits per heavy atom. The summed E-state index contributed by atoms with van der Waals surface area (Å²) in [4.78, 5) is 4.49. The lowest BCUT2D eigenvalue weighted by Crippen LogP contribution is -2.08. The molecule has 0 spiro atoms. The number of fused-ring (bicyclic) bond motifs is 1. The SMILES string of the molecule is Cc1cc(NN)c2cc(C(C)C)ccc2n1. The molecule has 0 fully saturated rings. The summed E-state index contributed by atoms with van der Waals surface area (Å²) in [5.41, 5.74) is 6.93. The van der Waals surface area contributed by atoms with Gasteiger partial charge in [0, 0.05) is 11.1 Å². The average Bonchev–Trinajstić information content (AvgIpc) is 2.27. The van der Waals surface area contributed by atoms with Crippen LogP contribution < -0.4 is 11.3 Å². The third kappa shape index (κ3) is 1.86. The Bertz CT molecular complexity index is 518. The number of nitrogen functional groups attached to an aromatic ring is 1. The van der Waals surface area contributed by atoms with Gasteiger partial charge in [-0.1, -0.05) is 19.9 Å². The van der Waals surface area contributed by atoms with Crippen LogP contribution in [0.25, 0.3) is 10.9 Å². The van der Waals surface area contributed by atoms with Crippen molar-refractivity contribution < 1.29 is 0 Å². The lowest BCUT2D eigenvalue weighted by molar-refractivity contribution is 0.868. The van der Waals surface area contributed by atoms with Crippen LogP contribution in [0.5, 0.6) is 0 Å². The normalized spacial score (nSPS) is 11.1. The summed E-state index contributed by atoms with van der Waals surface area (Å²) in [6, 6.07) is 8.30. The number of anilines is 1. The monoisotopic (exact) mass is 215 g/mol. The molecule has 84 valence electrons. The van der Waals surface area contributed by atoms with Gasteiger partial charge >= 0.3 is 0 Å². The van der Waals surface area contributed by atoms with Crippen molar-refractivity contribution >= 4 is 16.6 Å². The highest BCUT2D eigenvalue weighted by atomic mass is 15.2. The molecule has 3 heteroatoms. The first kappa shape index (κ1) is 10.9. The van der Waals surface area contributed by atoms with E-state index >= 15 is 0 Å². The number of nitrogens with two attached hydrogens (primary N) is 1. The molecular weight excluding hydrogens is 198 g/mol. The van der Waals surface area contributed by atoms with Crippen LogP contribution in [0.2, 0.25) is 0 Å². The van der Waals surface area contributed by atoms with E-state index < -0.39 is 0 Å². The van der Waals surface area contributed by atoms with Gasteiger partial charge in [-0.2, -0.15) is 0 Å². The summed E-state index contributed by atoms with van der Waals surface area (Å²) in [5, 5.41) is 1.08. The molecule has 1 aromatic carbocycles. The van der Waals surface area contributed by atoms with Gasteiger partial charge in [0.1, 0.15) is 0 Å². The number of benzene rings is 1. The molecule has 0 atom stereocenters. The highest BCUT2D eigenvalue weighted by Gasteiger charge is 2.06. The molecule has 0 aliphatic carbocycles. The van der Waals surface area contributed by atoms with Crippen molar-refractivity contribution in [2.24, 2.45) is 5.84 Å². The number of hydrogen-bond donors (Lipinski definition) is 2. The molecule has 1 heterocycles. The number of rotatable bonds is 2. The lowest BCUT2D eigenvalue weighted by Gasteiger charge is -2.10. The van der Waals surface area contributed by atoms with Gasteiger partial charge in [0.2, 0.25) is 0 Å². The molecular formula is C13H17N3. The van der Waals surface area contributed by atoms with Crippen molar-refractivity contribution in [3.05, 3.63) is 35.5 Å². The van der Waals surface area contributed by atoms with E-state index in [-0.39, 0.29) is 0 Å². The van der Waals surface area contributed by atoms with Gasteiger partial charge in [-0.25, -0.2) is 0 Å². The van der Waals surface area contributed by atoms with Gasteiger partial charge in [0.25, 0.3) is 0 Å². The topological polar surface area (TPSA) is 50.9 Å². The van der Waals surface area contributed by atoms with Crippen molar-refractivity contribution in [1.29, 1.82) is 0 Å². The van der Waals surface area contributed by atoms with Gasteiger partial charge in [0.15, 0.2) is 0 Å². The zero-order chi connectivity index (χ0) is 11.7. The van der Waals surface area contributed by atoms with Crippen LogP contribution in [0.3, 0.4) is 0 Å². The number of nitrogens with one attached hydrogen (secondary N) is 1. The first-order valence-corrected chi connectivity index (χ1v) is 5.49. The summed E-state index contributed by atoms with van der Waals surface area (Å²) in [6.07, 6.45) is 0. The van der Waals surface area contributed by atoms with E-state index in [1.165, 1.54) is 5.56 Å². The summed E-state index contributed by atoms with van der Waals surface area (Å²) in [5.74, 6) is 6.04. The van der Waals surface area contributed by atoms with Gasteiger partial charge in [-0.3, -0.25) is 10.8 Å². The Morgan fingerprint density at radius 3 is 2.62 bits per heavy atom. The minimum atomic E-state index is 0.510. The molecule has 16 heavy (non-hydrogen) atoms. The van der Waals surface area contributed by atoms with Gasteiger partial charge < -0.3 is 5.43 Å². The van der Waals surface area contributed by atoms with Crippen molar-refractivity contribution in [2.45, 2.75) is 26.7 Å². The molecule has 3 nitrogen and oxygen atoms in total. The fourth-order valence-corrected chi connectivity index (χ4v) is 1.85. The smallest absolute Gasteiger partial charge is 0.0726 e. The standard InChI is InChI=1S/C13H17N3/c1-8(2)10-4-5-12-11(7-10)13(16-14)6-9(3)15-12/h4-8H,14H2,1-3H3,(H,15,16). The Hall–Kier alpha value is -1.61. The molecule has 0 unspecified atom stereocenters. The Balaban J connectivity index is 2.71. The number of pyridine rings is 1. The van der Waals surface area contributed by atoms with E-state index in [4.69, 9.17) is 5.84 Å². The van der Waals surface area contributed by atoms with Crippen molar-refractivity contribution in [3.63, 3.8) is 0 Å². The average molecular weight is 215 g/mol. The third-order valence-electron chi connectivity index (χ3n) is 2.78. The maximum Gasteiger partial charge on any atom is 0.0726 e. The largest absolute Gasteiger partial charge is 0.323 e. The van der Waals surface area contributed by atoms with Crippen LogP contribution in [-0.4, -0.2) is 4.98 Å².